The Labute approximate surface area is 57.7 Å². The van der Waals surface area contributed by atoms with Crippen LogP contribution in [0.1, 0.15) is 11.3 Å². The molecule has 0 unspecified atom stereocenters. The van der Waals surface area contributed by atoms with Crippen molar-refractivity contribution in [3.63, 3.8) is 0 Å². The third-order valence-electron chi connectivity index (χ3n) is 1.17. The molecule has 0 aliphatic carbocycles. The topological polar surface area (TPSA) is 49.9 Å². The Morgan fingerprint density at radius 3 is 2.80 bits per heavy atom. The Morgan fingerprint density at radius 1 is 1.60 bits per heavy atom. The normalized spacial score (nSPS) is 9.30. The van der Waals surface area contributed by atoms with Crippen LogP contribution in [0.3, 0.4) is 0 Å². The quantitative estimate of drug-likeness (QED) is 0.597. The molecule has 0 bridgehead atoms. The first-order valence-electron chi connectivity index (χ1n) is 2.81. The fourth-order valence-electron chi connectivity index (χ4n) is 0.653. The lowest BCUT2D eigenvalue weighted by molar-refractivity contribution is 0.562. The van der Waals surface area contributed by atoms with Crippen LogP contribution in [0, 0.1) is 6.92 Å². The van der Waals surface area contributed by atoms with E-state index in [0.29, 0.717) is 0 Å². The van der Waals surface area contributed by atoms with E-state index in [4.69, 9.17) is 0 Å². The van der Waals surface area contributed by atoms with Crippen molar-refractivity contribution in [3.8, 4) is 0 Å². The fourth-order valence-corrected chi connectivity index (χ4v) is 0.653. The molecule has 1 N–H and O–H groups in total. The van der Waals surface area contributed by atoms with Crippen LogP contribution >= 0.6 is 0 Å². The minimum absolute atomic E-state index is 0.0469. The Kier molecular flexibility index (Phi) is 1.67. The largest absolute Gasteiger partial charge is 0.364 e. The summed E-state index contributed by atoms with van der Waals surface area (Å²) in [5, 5.41) is 0. The van der Waals surface area contributed by atoms with Gasteiger partial charge in [0.1, 0.15) is 0 Å². The second-order valence-corrected chi connectivity index (χ2v) is 2.00. The maximum atomic E-state index is 10.8. The highest BCUT2D eigenvalue weighted by atomic mass is 16.1. The number of hydrogen-bond donors (Lipinski definition) is 1. The van der Waals surface area contributed by atoms with E-state index in [0.717, 1.165) is 5.69 Å². The number of aromatic amines is 1. The summed E-state index contributed by atoms with van der Waals surface area (Å²) in [6.45, 7) is 1.75. The summed E-state index contributed by atoms with van der Waals surface area (Å²) in [7, 11) is 0. The molecule has 0 aliphatic rings. The molecule has 0 saturated carbocycles. The van der Waals surface area contributed by atoms with E-state index in [1.807, 2.05) is 0 Å². The number of carbonyl (C=O) groups excluding carboxylic acids is 1. The van der Waals surface area contributed by atoms with E-state index >= 15 is 0 Å². The molecule has 0 atom stereocenters. The highest BCUT2D eigenvalue weighted by Gasteiger charge is 1.95. The molecule has 1 rings (SSSR count). The zero-order valence-electron chi connectivity index (χ0n) is 5.47. The van der Waals surface area contributed by atoms with Crippen LogP contribution in [0.15, 0.2) is 17.1 Å². The molecule has 10 heavy (non-hydrogen) atoms. The number of nitrogens with one attached hydrogen (secondary N) is 1. The van der Waals surface area contributed by atoms with Gasteiger partial charge in [-0.2, -0.15) is 0 Å². The Hall–Kier alpha value is -1.38. The van der Waals surface area contributed by atoms with Crippen molar-refractivity contribution in [2.75, 3.05) is 0 Å². The van der Waals surface area contributed by atoms with Crippen molar-refractivity contribution in [1.29, 1.82) is 0 Å². The molecule has 0 fully saturated rings. The predicted octanol–water partition coefficient (Wildman–Crippen LogP) is 0.141. The molecule has 0 amide bonds. The van der Waals surface area contributed by atoms with Crippen molar-refractivity contribution in [1.82, 2.24) is 4.98 Å². The van der Waals surface area contributed by atoms with Gasteiger partial charge in [-0.3, -0.25) is 9.59 Å². The third kappa shape index (κ3) is 1.13. The Balaban J connectivity index is 3.33. The average molecular weight is 136 g/mol. The second-order valence-electron chi connectivity index (χ2n) is 2.00. The third-order valence-corrected chi connectivity index (χ3v) is 1.17. The summed E-state index contributed by atoms with van der Waals surface area (Å²) in [6, 6.07) is 1.36. The molecule has 3 heteroatoms. The first-order valence-corrected chi connectivity index (χ1v) is 2.81. The summed E-state index contributed by atoms with van der Waals surface area (Å²) in [5.41, 5.74) is 0.501. The lowest BCUT2D eigenvalue weighted by atomic mass is 10.3. The van der Waals surface area contributed by atoms with Crippen molar-refractivity contribution >= 4 is 6.29 Å². The van der Waals surface area contributed by atoms with Crippen LogP contribution < -0.4 is 5.43 Å². The van der Waals surface area contributed by atoms with Gasteiger partial charge in [-0.1, -0.05) is 0 Å². The van der Waals surface area contributed by atoms with Gasteiger partial charge in [-0.05, 0) is 6.92 Å². The monoisotopic (exact) mass is 136 g/mol. The van der Waals surface area contributed by atoms with Crippen molar-refractivity contribution < 1.29 is 4.79 Å². The van der Waals surface area contributed by atoms with Crippen molar-refractivity contribution in [2.24, 2.45) is 0 Å². The number of H-pyrrole nitrogens is 1. The molecule has 1 aromatic rings. The van der Waals surface area contributed by atoms with Gasteiger partial charge in [0, 0.05) is 18.0 Å². The number of aromatic nitrogens is 1. The van der Waals surface area contributed by atoms with Gasteiger partial charge in [0.15, 0.2) is 5.43 Å². The van der Waals surface area contributed by atoms with E-state index in [2.05, 4.69) is 4.98 Å². The number of pyridine rings is 1. The lowest BCUT2D eigenvalue weighted by Crippen LogP contribution is -2.07. The van der Waals surface area contributed by atoms with Gasteiger partial charge in [0.05, 0.1) is 5.56 Å². The van der Waals surface area contributed by atoms with Crippen LogP contribution in [0.25, 0.3) is 0 Å². The van der Waals surface area contributed by atoms with Crippen LogP contribution in [0.2, 0.25) is 0 Å². The smallest absolute Gasteiger partial charge is 0.239 e. The zero-order valence-corrected chi connectivity index (χ0v) is 5.47. The number of rotatable bonds is 1. The van der Waals surface area contributed by atoms with E-state index in [9.17, 15) is 9.59 Å². The van der Waals surface area contributed by atoms with E-state index in [1.165, 1.54) is 18.5 Å². The van der Waals surface area contributed by atoms with Gasteiger partial charge in [0.25, 0.3) is 0 Å². The molecule has 51 valence electrons. The van der Waals surface area contributed by atoms with E-state index in [-0.39, 0.29) is 11.0 Å². The molecule has 0 aromatic carbocycles. The number of aryl methyl sites for hydroxylation is 1. The Bertz CT molecular complexity index is 301. The molecule has 1 aromatic heterocycles. The first-order chi connectivity index (χ1) is 4.74. The molecular weight excluding hydrogens is 130 g/mol. The zero-order chi connectivity index (χ0) is 7.56. The maximum absolute atomic E-state index is 10.8. The van der Waals surface area contributed by atoms with Crippen LogP contribution in [0.5, 0.6) is 0 Å². The standard InChI is InChI=1S/C7H6NO2/c1-5-2-7(10)6(4-9)3-8-5/h2-3H,1H3,(H,8,10). The van der Waals surface area contributed by atoms with Crippen molar-refractivity contribution in [3.05, 3.63) is 33.7 Å². The van der Waals surface area contributed by atoms with Crippen LogP contribution in [0.4, 0.5) is 0 Å². The highest BCUT2D eigenvalue weighted by Crippen LogP contribution is 1.86. The minimum Gasteiger partial charge on any atom is -0.364 e. The van der Waals surface area contributed by atoms with E-state index in [1.54, 1.807) is 6.92 Å². The first kappa shape index (κ1) is 6.74. The van der Waals surface area contributed by atoms with Crippen LogP contribution in [-0.4, -0.2) is 11.3 Å². The summed E-state index contributed by atoms with van der Waals surface area (Å²) < 4.78 is 0. The van der Waals surface area contributed by atoms with Gasteiger partial charge in [-0.15, -0.1) is 0 Å². The van der Waals surface area contributed by atoms with Crippen LogP contribution in [-0.2, 0) is 4.79 Å². The predicted molar refractivity (Wildman–Crippen MR) is 36.6 cm³/mol. The Morgan fingerprint density at radius 2 is 2.30 bits per heavy atom. The lowest BCUT2D eigenvalue weighted by Gasteiger charge is -1.89. The summed E-state index contributed by atoms with van der Waals surface area (Å²) in [6.07, 6.45) is 2.88. The number of hydrogen-bond acceptors (Lipinski definition) is 2. The molecule has 0 aliphatic heterocycles. The summed E-state index contributed by atoms with van der Waals surface area (Å²) >= 11 is 0. The van der Waals surface area contributed by atoms with E-state index < -0.39 is 0 Å². The van der Waals surface area contributed by atoms with Gasteiger partial charge in [-0.25, -0.2) is 0 Å². The van der Waals surface area contributed by atoms with Gasteiger partial charge >= 0.3 is 0 Å². The van der Waals surface area contributed by atoms with Crippen molar-refractivity contribution in [2.45, 2.75) is 6.92 Å². The van der Waals surface area contributed by atoms with Gasteiger partial charge in [0.2, 0.25) is 6.29 Å². The molecule has 1 heterocycles. The SMILES string of the molecule is Cc1cc(=O)c([C]=O)c[nH]1. The minimum atomic E-state index is -0.286. The summed E-state index contributed by atoms with van der Waals surface area (Å²) in [5.74, 6) is 0. The second kappa shape index (κ2) is 2.47. The highest BCUT2D eigenvalue weighted by molar-refractivity contribution is 5.74. The molecule has 3 nitrogen and oxygen atoms in total. The molecule has 1 radical (unpaired) electrons. The molecule has 0 saturated heterocycles. The molecular formula is C7H6NO2. The van der Waals surface area contributed by atoms with Gasteiger partial charge < -0.3 is 4.98 Å². The maximum Gasteiger partial charge on any atom is 0.239 e. The fraction of sp³-hybridized carbons (Fsp3) is 0.143. The molecule has 0 spiro atoms. The summed E-state index contributed by atoms with van der Waals surface area (Å²) in [4.78, 5) is 23.5. The average Bonchev–Trinajstić information content (AvgIpc) is 1.88.